The van der Waals surface area contributed by atoms with E-state index in [9.17, 15) is 4.79 Å². The fourth-order valence-corrected chi connectivity index (χ4v) is 0.845. The van der Waals surface area contributed by atoms with Gasteiger partial charge in [-0.25, -0.2) is 4.98 Å². The molecule has 0 N–H and O–H groups in total. The van der Waals surface area contributed by atoms with Gasteiger partial charge in [0.05, 0.1) is 0 Å². The molecule has 0 aromatic carbocycles. The smallest absolute Gasteiger partial charge is 0.270 e. The summed E-state index contributed by atoms with van der Waals surface area (Å²) in [7, 11) is 0. The Morgan fingerprint density at radius 2 is 2.09 bits per heavy atom. The average Bonchev–Trinajstić information content (AvgIpc) is 1.94. The van der Waals surface area contributed by atoms with Crippen molar-refractivity contribution in [1.82, 2.24) is 4.98 Å². The third kappa shape index (κ3) is 1.77. The third-order valence-corrected chi connectivity index (χ3v) is 1.75. The monoisotopic (exact) mass is 169 g/mol. The van der Waals surface area contributed by atoms with E-state index in [1.165, 1.54) is 0 Å². The average molecular weight is 170 g/mol. The zero-order valence-electron chi connectivity index (χ0n) is 6.39. The molecular weight excluding hydrogens is 162 g/mol. The van der Waals surface area contributed by atoms with Crippen LogP contribution < -0.4 is 0 Å². The van der Waals surface area contributed by atoms with Gasteiger partial charge in [0.1, 0.15) is 5.69 Å². The normalized spacial score (nSPS) is 9.73. The van der Waals surface area contributed by atoms with Crippen molar-refractivity contribution in [3.05, 3.63) is 29.1 Å². The Morgan fingerprint density at radius 1 is 1.45 bits per heavy atom. The van der Waals surface area contributed by atoms with Crippen LogP contribution in [0.25, 0.3) is 0 Å². The number of hydrogen-bond acceptors (Lipinski definition) is 2. The molecule has 58 valence electrons. The molecular formula is C8H8ClNO. The third-order valence-electron chi connectivity index (χ3n) is 1.55. The number of pyridine rings is 1. The lowest BCUT2D eigenvalue weighted by molar-refractivity contribution is 0.107. The fourth-order valence-electron chi connectivity index (χ4n) is 0.740. The van der Waals surface area contributed by atoms with Crippen LogP contribution in [-0.4, -0.2) is 10.2 Å². The van der Waals surface area contributed by atoms with Gasteiger partial charge in [-0.2, -0.15) is 0 Å². The summed E-state index contributed by atoms with van der Waals surface area (Å²) in [6, 6.07) is 3.45. The number of nitrogens with zero attached hydrogens (tertiary/aromatic N) is 1. The van der Waals surface area contributed by atoms with Gasteiger partial charge in [0.2, 0.25) is 0 Å². The summed E-state index contributed by atoms with van der Waals surface area (Å²) in [6.07, 6.45) is 0. The minimum absolute atomic E-state index is 0.315. The van der Waals surface area contributed by atoms with Gasteiger partial charge >= 0.3 is 0 Å². The van der Waals surface area contributed by atoms with E-state index in [0.717, 1.165) is 11.3 Å². The van der Waals surface area contributed by atoms with E-state index in [1.807, 2.05) is 19.9 Å². The number of aromatic nitrogens is 1. The van der Waals surface area contributed by atoms with Crippen molar-refractivity contribution >= 4 is 16.8 Å². The van der Waals surface area contributed by atoms with Crippen LogP contribution in [0.2, 0.25) is 0 Å². The van der Waals surface area contributed by atoms with E-state index in [1.54, 1.807) is 6.07 Å². The summed E-state index contributed by atoms with van der Waals surface area (Å²) in [6.45, 7) is 3.78. The molecule has 1 heterocycles. The number of rotatable bonds is 1. The quantitative estimate of drug-likeness (QED) is 0.603. The highest BCUT2D eigenvalue weighted by Crippen LogP contribution is 2.06. The summed E-state index contributed by atoms with van der Waals surface area (Å²) in [4.78, 5) is 14.6. The molecule has 0 aliphatic carbocycles. The highest BCUT2D eigenvalue weighted by molar-refractivity contribution is 6.67. The maximum absolute atomic E-state index is 10.6. The summed E-state index contributed by atoms with van der Waals surface area (Å²) < 4.78 is 0. The predicted molar refractivity (Wildman–Crippen MR) is 43.9 cm³/mol. The standard InChI is InChI=1S/C8H8ClNO/c1-5-3-4-7(8(9)11)10-6(5)2/h3-4H,1-2H3. The molecule has 1 aromatic rings. The van der Waals surface area contributed by atoms with E-state index < -0.39 is 5.24 Å². The van der Waals surface area contributed by atoms with Gasteiger partial charge in [0.15, 0.2) is 0 Å². The maximum Gasteiger partial charge on any atom is 0.270 e. The molecule has 0 radical (unpaired) electrons. The Kier molecular flexibility index (Phi) is 2.25. The van der Waals surface area contributed by atoms with Gasteiger partial charge < -0.3 is 0 Å². The Labute approximate surface area is 70.2 Å². The van der Waals surface area contributed by atoms with Crippen LogP contribution >= 0.6 is 11.6 Å². The summed E-state index contributed by atoms with van der Waals surface area (Å²) in [5, 5.41) is -0.506. The molecule has 0 aliphatic heterocycles. The maximum atomic E-state index is 10.6. The Balaban J connectivity index is 3.15. The number of hydrogen-bond donors (Lipinski definition) is 0. The van der Waals surface area contributed by atoms with Gasteiger partial charge in [-0.3, -0.25) is 4.79 Å². The largest absolute Gasteiger partial charge is 0.274 e. The highest BCUT2D eigenvalue weighted by atomic mass is 35.5. The van der Waals surface area contributed by atoms with E-state index >= 15 is 0 Å². The molecule has 0 fully saturated rings. The second-order valence-electron chi connectivity index (χ2n) is 2.37. The first-order valence-corrected chi connectivity index (χ1v) is 3.63. The van der Waals surface area contributed by atoms with E-state index in [0.29, 0.717) is 5.69 Å². The first kappa shape index (κ1) is 8.21. The van der Waals surface area contributed by atoms with Gasteiger partial charge in [0.25, 0.3) is 5.24 Å². The number of carbonyl (C=O) groups is 1. The van der Waals surface area contributed by atoms with E-state index in [4.69, 9.17) is 11.6 Å². The number of carbonyl (C=O) groups excluding carboxylic acids is 1. The first-order valence-electron chi connectivity index (χ1n) is 3.25. The molecule has 0 amide bonds. The molecule has 1 rings (SSSR count). The van der Waals surface area contributed by atoms with Crippen LogP contribution in [0.4, 0.5) is 0 Å². The van der Waals surface area contributed by atoms with Crippen LogP contribution in [0.15, 0.2) is 12.1 Å². The zero-order chi connectivity index (χ0) is 8.43. The van der Waals surface area contributed by atoms with Gasteiger partial charge in [-0.1, -0.05) is 6.07 Å². The lowest BCUT2D eigenvalue weighted by Crippen LogP contribution is -1.96. The summed E-state index contributed by atoms with van der Waals surface area (Å²) >= 11 is 5.23. The van der Waals surface area contributed by atoms with E-state index in [2.05, 4.69) is 4.98 Å². The zero-order valence-corrected chi connectivity index (χ0v) is 7.14. The van der Waals surface area contributed by atoms with Crippen LogP contribution in [-0.2, 0) is 0 Å². The summed E-state index contributed by atoms with van der Waals surface area (Å²) in [5.41, 5.74) is 2.22. The minimum Gasteiger partial charge on any atom is -0.274 e. The molecule has 3 heteroatoms. The first-order chi connectivity index (χ1) is 5.11. The lowest BCUT2D eigenvalue weighted by Gasteiger charge is -1.98. The SMILES string of the molecule is Cc1ccc(C(=O)Cl)nc1C. The Morgan fingerprint density at radius 3 is 2.55 bits per heavy atom. The van der Waals surface area contributed by atoms with Crippen LogP contribution in [0.5, 0.6) is 0 Å². The van der Waals surface area contributed by atoms with Gasteiger partial charge in [-0.15, -0.1) is 0 Å². The van der Waals surface area contributed by atoms with Crippen molar-refractivity contribution in [3.63, 3.8) is 0 Å². The van der Waals surface area contributed by atoms with E-state index in [-0.39, 0.29) is 0 Å². The fraction of sp³-hybridized carbons (Fsp3) is 0.250. The Hall–Kier alpha value is -0.890. The highest BCUT2D eigenvalue weighted by Gasteiger charge is 2.03. The molecule has 0 spiro atoms. The number of aryl methyl sites for hydroxylation is 2. The second kappa shape index (κ2) is 3.01. The van der Waals surface area contributed by atoms with Gasteiger partial charge in [-0.05, 0) is 37.1 Å². The van der Waals surface area contributed by atoms with Crippen molar-refractivity contribution in [2.24, 2.45) is 0 Å². The van der Waals surface area contributed by atoms with Crippen LogP contribution in [0.1, 0.15) is 21.7 Å². The molecule has 0 atom stereocenters. The van der Waals surface area contributed by atoms with Crippen molar-refractivity contribution in [2.45, 2.75) is 13.8 Å². The van der Waals surface area contributed by atoms with Crippen molar-refractivity contribution in [3.8, 4) is 0 Å². The van der Waals surface area contributed by atoms with Crippen LogP contribution in [0.3, 0.4) is 0 Å². The summed E-state index contributed by atoms with van der Waals surface area (Å²) in [5.74, 6) is 0. The second-order valence-corrected chi connectivity index (χ2v) is 2.72. The molecule has 1 aromatic heterocycles. The number of halogens is 1. The Bertz CT molecular complexity index is 296. The molecule has 0 unspecified atom stereocenters. The molecule has 11 heavy (non-hydrogen) atoms. The van der Waals surface area contributed by atoms with Crippen molar-refractivity contribution < 1.29 is 4.79 Å². The van der Waals surface area contributed by atoms with Crippen molar-refractivity contribution in [2.75, 3.05) is 0 Å². The minimum atomic E-state index is -0.506. The lowest BCUT2D eigenvalue weighted by atomic mass is 10.2. The topological polar surface area (TPSA) is 30.0 Å². The van der Waals surface area contributed by atoms with Gasteiger partial charge in [0, 0.05) is 5.69 Å². The van der Waals surface area contributed by atoms with Crippen molar-refractivity contribution in [1.29, 1.82) is 0 Å². The van der Waals surface area contributed by atoms with Crippen LogP contribution in [0, 0.1) is 13.8 Å². The molecule has 2 nitrogen and oxygen atoms in total. The molecule has 0 bridgehead atoms. The molecule has 0 saturated heterocycles. The predicted octanol–water partition coefficient (Wildman–Crippen LogP) is 2.08. The molecule has 0 saturated carbocycles. The molecule has 0 aliphatic rings.